The monoisotopic (exact) mass is 1590 g/mol. The molecule has 3 heterocycles. The number of halogens is 2. The lowest BCUT2D eigenvalue weighted by Gasteiger charge is -2.29. The van der Waals surface area contributed by atoms with Crippen molar-refractivity contribution in [2.75, 3.05) is 9.80 Å². The molecule has 0 aliphatic heterocycles. The van der Waals surface area contributed by atoms with Crippen molar-refractivity contribution in [3.05, 3.63) is 408 Å². The molecule has 0 unspecified atom stereocenters. The molecular weight excluding hydrogens is 1530 g/mol. The van der Waals surface area contributed by atoms with Crippen LogP contribution in [0, 0.1) is 0 Å². The number of nitrogens with zero attached hydrogens (tertiary/aromatic N) is 2. The van der Waals surface area contributed by atoms with Crippen LogP contribution in [0.25, 0.3) is 160 Å². The Balaban J connectivity index is 0.000000145. The summed E-state index contributed by atoms with van der Waals surface area (Å²) in [4.78, 5) is 4.89. The minimum absolute atomic E-state index is 0.935. The summed E-state index contributed by atoms with van der Waals surface area (Å²) in [6.45, 7) is 0. The fourth-order valence-corrected chi connectivity index (χ4v) is 20.5. The molecule has 0 amide bonds. The van der Waals surface area contributed by atoms with E-state index in [1.165, 1.54) is 155 Å². The first-order valence-corrected chi connectivity index (χ1v) is 41.1. The molecule has 0 bridgehead atoms. The van der Waals surface area contributed by atoms with Crippen LogP contribution in [-0.2, 0) is 6.42 Å². The number of anilines is 6. The van der Waals surface area contributed by atoms with Crippen molar-refractivity contribution in [3.8, 4) is 33.4 Å². The average Bonchev–Trinajstić information content (AvgIpc) is 0.866. The smallest absolute Gasteiger partial charge is 0.143 e. The Morgan fingerprint density at radius 3 is 1.13 bits per heavy atom. The topological polar surface area (TPSA) is 19.6 Å². The first kappa shape index (κ1) is 67.4. The van der Waals surface area contributed by atoms with Crippen LogP contribution in [0.3, 0.4) is 0 Å². The molecule has 0 spiro atoms. The first-order chi connectivity index (χ1) is 55.4. The Hall–Kier alpha value is -12.7. The molecule has 20 aromatic carbocycles. The summed E-state index contributed by atoms with van der Waals surface area (Å²) in [5, 5.41) is 22.8. The molecule has 0 saturated heterocycles. The fraction of sp³-hybridized carbons (Fsp3) is 0.00952. The zero-order valence-electron chi connectivity index (χ0n) is 60.5. The highest BCUT2D eigenvalue weighted by Gasteiger charge is 2.24. The van der Waals surface area contributed by atoms with Gasteiger partial charge in [-0.2, -0.15) is 0 Å². The van der Waals surface area contributed by atoms with Gasteiger partial charge < -0.3 is 14.2 Å². The average molecular weight is 1600 g/mol. The molecule has 0 atom stereocenters. The van der Waals surface area contributed by atoms with Gasteiger partial charge in [-0.3, -0.25) is 0 Å². The molecule has 7 heteroatoms. The van der Waals surface area contributed by atoms with Crippen molar-refractivity contribution in [1.82, 2.24) is 0 Å². The summed E-state index contributed by atoms with van der Waals surface area (Å²) in [7, 11) is 0. The lowest BCUT2D eigenvalue weighted by Crippen LogP contribution is -2.11. The summed E-state index contributed by atoms with van der Waals surface area (Å²) < 4.78 is 13.8. The molecule has 0 aliphatic rings. The van der Waals surface area contributed by atoms with Crippen molar-refractivity contribution in [1.29, 1.82) is 0 Å². The summed E-state index contributed by atoms with van der Waals surface area (Å²) in [6.07, 6.45) is 0.935. The minimum atomic E-state index is 0.935. The molecule has 3 aromatic heterocycles. The van der Waals surface area contributed by atoms with Gasteiger partial charge in [0.25, 0.3) is 0 Å². The van der Waals surface area contributed by atoms with Gasteiger partial charge in [-0.05, 0) is 190 Å². The molecule has 23 rings (SSSR count). The molecule has 0 fully saturated rings. The Bertz CT molecular complexity index is 7180. The van der Waals surface area contributed by atoms with Crippen molar-refractivity contribution in [2.24, 2.45) is 0 Å². The van der Waals surface area contributed by atoms with Gasteiger partial charge in [0.2, 0.25) is 0 Å². The van der Waals surface area contributed by atoms with Crippen molar-refractivity contribution >= 4 is 216 Å². The van der Waals surface area contributed by atoms with Crippen molar-refractivity contribution in [3.63, 3.8) is 0 Å². The zero-order valence-corrected chi connectivity index (χ0v) is 65.3. The third kappa shape index (κ3) is 11.8. The van der Waals surface area contributed by atoms with Gasteiger partial charge in [0.1, 0.15) is 11.2 Å². The number of benzene rings is 20. The highest BCUT2D eigenvalue weighted by molar-refractivity contribution is 9.11. The number of thiophene rings is 2. The molecular formula is C105H66Br2N2OS2. The Kier molecular flexibility index (Phi) is 17.0. The molecule has 0 saturated carbocycles. The number of fused-ring (bicyclic) bond motifs is 9. The van der Waals surface area contributed by atoms with E-state index in [1.54, 1.807) is 0 Å². The van der Waals surface area contributed by atoms with Gasteiger partial charge in [0.15, 0.2) is 0 Å². The molecule has 528 valence electrons. The van der Waals surface area contributed by atoms with E-state index in [1.807, 2.05) is 34.8 Å². The lowest BCUT2D eigenvalue weighted by molar-refractivity contribution is 0.670. The summed E-state index contributed by atoms with van der Waals surface area (Å²) >= 11 is 11.1. The van der Waals surface area contributed by atoms with Gasteiger partial charge in [-0.1, -0.05) is 329 Å². The number of furan rings is 1. The standard InChI is InChI=1S/C64H40N2S2.C25H18O.C16H8Br2/c1-3-17-45(18-4-1)65(47-21-11-15-43(39-47)49-25-13-27-53-51-23-7-9-29-59(51)67-63(49)53)57-37-33-41-32-36-56-58(38-34-42-31-35-55(57)61(41)62(42)56)66(46-19-5-2-6-20-46)48-22-12-16-44(40-48)50-26-14-28-54-52-24-8-10-30-60(52)68-64(50)54;1-2-8-18(9-3-1)16-19-10-6-11-20(17-19)21-13-7-14-23-22-12-4-5-15-24(22)26-25(21)23;17-13-8-4-10-2-6-12-14(18)7-3-9-1-5-11(13)16(10)15(9)12/h1-40H;1-15,17H,16H2;1-8H. The maximum absolute atomic E-state index is 6.20. The van der Waals surface area contributed by atoms with Crippen molar-refractivity contribution in [2.45, 2.75) is 6.42 Å². The Morgan fingerprint density at radius 2 is 0.616 bits per heavy atom. The third-order valence-electron chi connectivity index (χ3n) is 22.2. The van der Waals surface area contributed by atoms with Gasteiger partial charge in [-0.25, -0.2) is 0 Å². The van der Waals surface area contributed by atoms with E-state index in [0.29, 0.717) is 0 Å². The summed E-state index contributed by atoms with van der Waals surface area (Å²) in [6, 6.07) is 141. The van der Waals surface area contributed by atoms with Crippen LogP contribution in [0.4, 0.5) is 34.1 Å². The first-order valence-electron chi connectivity index (χ1n) is 37.8. The number of rotatable bonds is 11. The van der Waals surface area contributed by atoms with Crippen LogP contribution < -0.4 is 9.80 Å². The Morgan fingerprint density at radius 1 is 0.250 bits per heavy atom. The fourth-order valence-electron chi connectivity index (χ4n) is 17.1. The minimum Gasteiger partial charge on any atom is -0.455 e. The van der Waals surface area contributed by atoms with E-state index < -0.39 is 0 Å². The second-order valence-corrected chi connectivity index (χ2v) is 32.6. The molecule has 0 radical (unpaired) electrons. The normalized spacial score (nSPS) is 11.7. The number of para-hydroxylation sites is 4. The van der Waals surface area contributed by atoms with Crippen LogP contribution in [-0.4, -0.2) is 0 Å². The van der Waals surface area contributed by atoms with Crippen LogP contribution in [0.2, 0.25) is 0 Å². The highest BCUT2D eigenvalue weighted by atomic mass is 79.9. The largest absolute Gasteiger partial charge is 0.455 e. The van der Waals surface area contributed by atoms with Crippen molar-refractivity contribution < 1.29 is 4.42 Å². The van der Waals surface area contributed by atoms with Crippen LogP contribution in [0.1, 0.15) is 11.1 Å². The van der Waals surface area contributed by atoms with Gasteiger partial charge in [0, 0.05) is 99.1 Å². The second kappa shape index (κ2) is 28.3. The van der Waals surface area contributed by atoms with E-state index in [-0.39, 0.29) is 0 Å². The third-order valence-corrected chi connectivity index (χ3v) is 26.0. The maximum atomic E-state index is 6.20. The molecule has 0 N–H and O–H groups in total. The zero-order chi connectivity index (χ0) is 74.3. The highest BCUT2D eigenvalue weighted by Crippen LogP contribution is 2.51. The predicted octanol–water partition coefficient (Wildman–Crippen LogP) is 32.5. The van der Waals surface area contributed by atoms with Crippen LogP contribution in [0.15, 0.2) is 402 Å². The maximum Gasteiger partial charge on any atom is 0.143 e. The summed E-state index contributed by atoms with van der Waals surface area (Å²) in [5.41, 5.74) is 18.5. The predicted molar refractivity (Wildman–Crippen MR) is 490 cm³/mol. The van der Waals surface area contributed by atoms with E-state index in [9.17, 15) is 0 Å². The van der Waals surface area contributed by atoms with E-state index in [2.05, 4.69) is 418 Å². The molecule has 112 heavy (non-hydrogen) atoms. The molecule has 3 nitrogen and oxygen atoms in total. The summed E-state index contributed by atoms with van der Waals surface area (Å²) in [5.74, 6) is 0. The Labute approximate surface area is 672 Å². The number of hydrogen-bond donors (Lipinski definition) is 0. The van der Waals surface area contributed by atoms with Crippen LogP contribution >= 0.6 is 54.5 Å². The van der Waals surface area contributed by atoms with Gasteiger partial charge >= 0.3 is 0 Å². The van der Waals surface area contributed by atoms with Gasteiger partial charge in [-0.15, -0.1) is 22.7 Å². The van der Waals surface area contributed by atoms with Crippen LogP contribution in [0.5, 0.6) is 0 Å². The lowest BCUT2D eigenvalue weighted by atomic mass is 9.91. The second-order valence-electron chi connectivity index (χ2n) is 28.8. The van der Waals surface area contributed by atoms with E-state index >= 15 is 0 Å². The molecule has 23 aromatic rings. The number of hydrogen-bond acceptors (Lipinski definition) is 5. The van der Waals surface area contributed by atoms with E-state index in [0.717, 1.165) is 66.2 Å². The van der Waals surface area contributed by atoms with Gasteiger partial charge in [0.05, 0.1) is 11.4 Å². The SMILES string of the molecule is Brc1ccc2ccc3c(Br)ccc4ccc1c2c43.c1ccc(Cc2cccc(-c3cccc4c3oc3ccccc34)c2)cc1.c1ccc(N(c2cccc(-c3cccc4c3sc3ccccc34)c2)c2ccc3ccc4c(N(c5ccccc5)c5cccc(-c6cccc7c6sc6ccccc67)c5)ccc5ccc2c3c54)cc1. The van der Waals surface area contributed by atoms with E-state index in [4.69, 9.17) is 4.42 Å². The molecule has 0 aliphatic carbocycles. The quantitative estimate of drug-likeness (QED) is 0.120.